The van der Waals surface area contributed by atoms with Crippen molar-refractivity contribution < 1.29 is 5.11 Å². The minimum atomic E-state index is -0.573. The third kappa shape index (κ3) is 3.62. The summed E-state index contributed by atoms with van der Waals surface area (Å²) in [5, 5.41) is 13.8. The molecule has 3 nitrogen and oxygen atoms in total. The maximum atomic E-state index is 10.5. The third-order valence-corrected chi connectivity index (χ3v) is 4.15. The zero-order valence-electron chi connectivity index (χ0n) is 10.6. The second-order valence-corrected chi connectivity index (χ2v) is 6.14. The molecule has 1 aromatic rings. The van der Waals surface area contributed by atoms with E-state index in [-0.39, 0.29) is 0 Å². The van der Waals surface area contributed by atoms with E-state index < -0.39 is 5.60 Å². The summed E-state index contributed by atoms with van der Waals surface area (Å²) >= 11 is 3.39. The summed E-state index contributed by atoms with van der Waals surface area (Å²) in [4.78, 5) is 0. The van der Waals surface area contributed by atoms with E-state index in [0.717, 1.165) is 35.8 Å². The minimum absolute atomic E-state index is 0.573. The zero-order valence-corrected chi connectivity index (χ0v) is 12.2. The van der Waals surface area contributed by atoms with Crippen LogP contribution in [0.5, 0.6) is 0 Å². The first-order valence-corrected chi connectivity index (χ1v) is 7.40. The number of benzene rings is 1. The number of halogens is 1. The van der Waals surface area contributed by atoms with Crippen molar-refractivity contribution in [3.63, 3.8) is 0 Å². The Balaban J connectivity index is 1.97. The number of anilines is 2. The highest BCUT2D eigenvalue weighted by molar-refractivity contribution is 9.10. The normalized spacial score (nSPS) is 19.2. The number of hydrogen-bond donors (Lipinski definition) is 3. The molecule has 0 amide bonds. The van der Waals surface area contributed by atoms with Crippen LogP contribution in [0, 0.1) is 0 Å². The molecule has 1 aliphatic carbocycles. The van der Waals surface area contributed by atoms with Crippen LogP contribution in [0.4, 0.5) is 11.4 Å². The molecule has 0 spiro atoms. The van der Waals surface area contributed by atoms with Crippen LogP contribution in [0.1, 0.15) is 38.5 Å². The summed E-state index contributed by atoms with van der Waals surface area (Å²) < 4.78 is 0.971. The first-order valence-electron chi connectivity index (χ1n) is 6.60. The summed E-state index contributed by atoms with van der Waals surface area (Å²) in [6, 6.07) is 5.77. The second kappa shape index (κ2) is 5.93. The molecule has 0 unspecified atom stereocenters. The fourth-order valence-electron chi connectivity index (χ4n) is 2.52. The van der Waals surface area contributed by atoms with Gasteiger partial charge in [0, 0.05) is 11.0 Å². The lowest BCUT2D eigenvalue weighted by Gasteiger charge is -2.27. The molecule has 0 heterocycles. The fourth-order valence-corrected chi connectivity index (χ4v) is 2.90. The van der Waals surface area contributed by atoms with Gasteiger partial charge in [-0.25, -0.2) is 0 Å². The molecular weight excluding hydrogens is 292 g/mol. The van der Waals surface area contributed by atoms with Crippen LogP contribution in [-0.2, 0) is 0 Å². The van der Waals surface area contributed by atoms with Gasteiger partial charge < -0.3 is 16.2 Å². The minimum Gasteiger partial charge on any atom is -0.397 e. The molecule has 2 rings (SSSR count). The zero-order chi connectivity index (χ0) is 13.0. The van der Waals surface area contributed by atoms with Crippen LogP contribution < -0.4 is 11.1 Å². The summed E-state index contributed by atoms with van der Waals surface area (Å²) in [6.07, 6.45) is 6.49. The van der Waals surface area contributed by atoms with Crippen molar-refractivity contribution >= 4 is 27.3 Å². The molecule has 0 bridgehead atoms. The lowest BCUT2D eigenvalue weighted by molar-refractivity contribution is 0.0381. The van der Waals surface area contributed by atoms with E-state index in [1.54, 1.807) is 0 Å². The predicted molar refractivity (Wildman–Crippen MR) is 79.7 cm³/mol. The van der Waals surface area contributed by atoms with Gasteiger partial charge in [-0.1, -0.05) is 41.6 Å². The van der Waals surface area contributed by atoms with E-state index in [0.29, 0.717) is 12.2 Å². The standard InChI is InChI=1S/C14H21BrN2O/c15-11-5-6-13(12(16)9-11)17-10-14(18)7-3-1-2-4-8-14/h5-6,9,17-18H,1-4,7-8,10,16H2. The van der Waals surface area contributed by atoms with Crippen LogP contribution in [0.25, 0.3) is 0 Å². The van der Waals surface area contributed by atoms with Crippen LogP contribution in [0.3, 0.4) is 0 Å². The Labute approximate surface area is 117 Å². The predicted octanol–water partition coefficient (Wildman–Crippen LogP) is 3.53. The van der Waals surface area contributed by atoms with Gasteiger partial charge >= 0.3 is 0 Å². The van der Waals surface area contributed by atoms with Crippen molar-refractivity contribution in [3.05, 3.63) is 22.7 Å². The van der Waals surface area contributed by atoms with Crippen LogP contribution in [-0.4, -0.2) is 17.3 Å². The first-order chi connectivity index (χ1) is 8.59. The molecule has 1 fully saturated rings. The number of hydrogen-bond acceptors (Lipinski definition) is 3. The maximum absolute atomic E-state index is 10.5. The molecule has 4 N–H and O–H groups in total. The highest BCUT2D eigenvalue weighted by Gasteiger charge is 2.27. The second-order valence-electron chi connectivity index (χ2n) is 5.22. The summed E-state index contributed by atoms with van der Waals surface area (Å²) in [5.41, 5.74) is 6.97. The van der Waals surface area contributed by atoms with E-state index in [2.05, 4.69) is 21.2 Å². The van der Waals surface area contributed by atoms with E-state index in [1.165, 1.54) is 12.8 Å². The van der Waals surface area contributed by atoms with Gasteiger partial charge in [0.25, 0.3) is 0 Å². The van der Waals surface area contributed by atoms with Crippen LogP contribution in [0.2, 0.25) is 0 Å². The molecule has 18 heavy (non-hydrogen) atoms. The molecule has 0 atom stereocenters. The van der Waals surface area contributed by atoms with Crippen molar-refractivity contribution in [2.24, 2.45) is 0 Å². The number of rotatable bonds is 3. The first kappa shape index (κ1) is 13.7. The van der Waals surface area contributed by atoms with Crippen molar-refractivity contribution in [2.45, 2.75) is 44.1 Å². The topological polar surface area (TPSA) is 58.3 Å². The van der Waals surface area contributed by atoms with Gasteiger partial charge in [0.05, 0.1) is 17.0 Å². The fraction of sp³-hybridized carbons (Fsp3) is 0.571. The number of nitrogens with one attached hydrogen (secondary N) is 1. The van der Waals surface area contributed by atoms with Crippen LogP contribution >= 0.6 is 15.9 Å². The summed E-state index contributed by atoms with van der Waals surface area (Å²) in [5.74, 6) is 0. The van der Waals surface area contributed by atoms with Gasteiger partial charge in [0.2, 0.25) is 0 Å². The Morgan fingerprint density at radius 2 is 1.89 bits per heavy atom. The van der Waals surface area contributed by atoms with Crippen molar-refractivity contribution in [2.75, 3.05) is 17.6 Å². The molecule has 1 aromatic carbocycles. The highest BCUT2D eigenvalue weighted by atomic mass is 79.9. The Hall–Kier alpha value is -0.740. The summed E-state index contributed by atoms with van der Waals surface area (Å²) in [6.45, 7) is 0.582. The quantitative estimate of drug-likeness (QED) is 0.591. The van der Waals surface area contributed by atoms with Gasteiger partial charge in [0.1, 0.15) is 0 Å². The van der Waals surface area contributed by atoms with Crippen molar-refractivity contribution in [1.29, 1.82) is 0 Å². The van der Waals surface area contributed by atoms with E-state index in [9.17, 15) is 5.11 Å². The number of nitrogen functional groups attached to an aromatic ring is 1. The van der Waals surface area contributed by atoms with Crippen LogP contribution in [0.15, 0.2) is 22.7 Å². The van der Waals surface area contributed by atoms with Gasteiger partial charge in [-0.3, -0.25) is 0 Å². The lowest BCUT2D eigenvalue weighted by Crippen LogP contribution is -2.36. The molecule has 0 aromatic heterocycles. The third-order valence-electron chi connectivity index (χ3n) is 3.66. The molecule has 100 valence electrons. The Morgan fingerprint density at radius 3 is 2.50 bits per heavy atom. The van der Waals surface area contributed by atoms with Crippen molar-refractivity contribution in [3.8, 4) is 0 Å². The Morgan fingerprint density at radius 1 is 1.22 bits per heavy atom. The smallest absolute Gasteiger partial charge is 0.0819 e. The van der Waals surface area contributed by atoms with Gasteiger partial charge in [-0.2, -0.15) is 0 Å². The van der Waals surface area contributed by atoms with Gasteiger partial charge in [-0.15, -0.1) is 0 Å². The molecule has 4 heteroatoms. The Bertz CT molecular complexity index is 401. The van der Waals surface area contributed by atoms with Gasteiger partial charge in [0.15, 0.2) is 0 Å². The van der Waals surface area contributed by atoms with Gasteiger partial charge in [-0.05, 0) is 31.0 Å². The molecule has 0 radical (unpaired) electrons. The molecule has 0 aliphatic heterocycles. The number of nitrogens with two attached hydrogens (primary N) is 1. The van der Waals surface area contributed by atoms with Crippen molar-refractivity contribution in [1.82, 2.24) is 0 Å². The van der Waals surface area contributed by atoms with E-state index in [1.807, 2.05) is 18.2 Å². The largest absolute Gasteiger partial charge is 0.397 e. The molecular formula is C14H21BrN2O. The Kier molecular flexibility index (Phi) is 4.51. The van der Waals surface area contributed by atoms with E-state index in [4.69, 9.17) is 5.73 Å². The molecule has 1 aliphatic rings. The molecule has 1 saturated carbocycles. The molecule has 0 saturated heterocycles. The maximum Gasteiger partial charge on any atom is 0.0819 e. The average molecular weight is 313 g/mol. The van der Waals surface area contributed by atoms with E-state index >= 15 is 0 Å². The monoisotopic (exact) mass is 312 g/mol. The lowest BCUT2D eigenvalue weighted by atomic mass is 9.94. The highest BCUT2D eigenvalue weighted by Crippen LogP contribution is 2.29. The SMILES string of the molecule is Nc1cc(Br)ccc1NCC1(O)CCCCCC1. The summed E-state index contributed by atoms with van der Waals surface area (Å²) in [7, 11) is 0. The number of aliphatic hydroxyl groups is 1. The average Bonchev–Trinajstić information content (AvgIpc) is 2.54.